The van der Waals surface area contributed by atoms with Gasteiger partial charge in [-0.1, -0.05) is 0 Å². The highest BCUT2D eigenvalue weighted by atomic mass is 32.2. The SMILES string of the molecule is CC(C(=O)O)S(=O)(=O)Cc1cncs1. The first-order valence-electron chi connectivity index (χ1n) is 3.75. The Morgan fingerprint density at radius 1 is 1.71 bits per heavy atom. The van der Waals surface area contributed by atoms with Crippen molar-refractivity contribution < 1.29 is 18.3 Å². The molecule has 1 atom stereocenters. The lowest BCUT2D eigenvalue weighted by molar-refractivity contribution is -0.136. The molecule has 0 amide bonds. The number of nitrogens with zero attached hydrogens (tertiary/aromatic N) is 1. The minimum Gasteiger partial charge on any atom is -0.480 e. The average Bonchev–Trinajstić information content (AvgIpc) is 2.54. The lowest BCUT2D eigenvalue weighted by Gasteiger charge is -2.06. The second kappa shape index (κ2) is 4.05. The van der Waals surface area contributed by atoms with Gasteiger partial charge >= 0.3 is 5.97 Å². The van der Waals surface area contributed by atoms with E-state index in [1.165, 1.54) is 30.0 Å². The molecule has 78 valence electrons. The Kier molecular flexibility index (Phi) is 3.22. The molecule has 0 aliphatic heterocycles. The summed E-state index contributed by atoms with van der Waals surface area (Å²) in [6.07, 6.45) is 1.43. The minimum atomic E-state index is -3.61. The Balaban J connectivity index is 2.83. The molecule has 5 nitrogen and oxygen atoms in total. The van der Waals surface area contributed by atoms with Gasteiger partial charge < -0.3 is 5.11 Å². The van der Waals surface area contributed by atoms with Gasteiger partial charge in [-0.3, -0.25) is 9.78 Å². The van der Waals surface area contributed by atoms with Crippen molar-refractivity contribution in [2.75, 3.05) is 0 Å². The number of carboxylic acid groups (broad SMARTS) is 1. The third kappa shape index (κ3) is 2.52. The second-order valence-electron chi connectivity index (χ2n) is 2.76. The summed E-state index contributed by atoms with van der Waals surface area (Å²) in [7, 11) is -3.61. The van der Waals surface area contributed by atoms with E-state index in [0.717, 1.165) is 0 Å². The zero-order valence-electron chi connectivity index (χ0n) is 7.37. The molecule has 7 heteroatoms. The summed E-state index contributed by atoms with van der Waals surface area (Å²) in [5.41, 5.74) is 1.51. The Labute approximate surface area is 85.3 Å². The maximum atomic E-state index is 11.4. The van der Waals surface area contributed by atoms with Crippen LogP contribution in [-0.4, -0.2) is 29.7 Å². The van der Waals surface area contributed by atoms with Crippen LogP contribution in [-0.2, 0) is 20.4 Å². The van der Waals surface area contributed by atoms with Crippen molar-refractivity contribution in [3.8, 4) is 0 Å². The zero-order valence-corrected chi connectivity index (χ0v) is 9.01. The first-order valence-corrected chi connectivity index (χ1v) is 6.34. The van der Waals surface area contributed by atoms with E-state index in [2.05, 4.69) is 4.98 Å². The molecule has 0 radical (unpaired) electrons. The number of rotatable bonds is 4. The van der Waals surface area contributed by atoms with Crippen LogP contribution in [0.5, 0.6) is 0 Å². The van der Waals surface area contributed by atoms with E-state index in [4.69, 9.17) is 5.11 Å². The van der Waals surface area contributed by atoms with Gasteiger partial charge in [0, 0.05) is 11.1 Å². The maximum absolute atomic E-state index is 11.4. The minimum absolute atomic E-state index is 0.259. The van der Waals surface area contributed by atoms with Crippen molar-refractivity contribution in [3.05, 3.63) is 16.6 Å². The molecule has 0 saturated heterocycles. The van der Waals surface area contributed by atoms with Gasteiger partial charge in [0.1, 0.15) is 0 Å². The number of hydrogen-bond acceptors (Lipinski definition) is 5. The number of aromatic nitrogens is 1. The van der Waals surface area contributed by atoms with E-state index in [1.54, 1.807) is 0 Å². The highest BCUT2D eigenvalue weighted by Gasteiger charge is 2.28. The molecule has 0 aliphatic carbocycles. The molecule has 1 rings (SSSR count). The number of hydrogen-bond donors (Lipinski definition) is 1. The van der Waals surface area contributed by atoms with Crippen LogP contribution in [0.1, 0.15) is 11.8 Å². The summed E-state index contributed by atoms with van der Waals surface area (Å²) >= 11 is 1.20. The topological polar surface area (TPSA) is 84.3 Å². The van der Waals surface area contributed by atoms with Gasteiger partial charge in [0.25, 0.3) is 0 Å². The van der Waals surface area contributed by atoms with E-state index < -0.39 is 21.1 Å². The average molecular weight is 235 g/mol. The van der Waals surface area contributed by atoms with Crippen LogP contribution in [0.15, 0.2) is 11.7 Å². The Hall–Kier alpha value is -0.950. The third-order valence-electron chi connectivity index (χ3n) is 1.71. The fraction of sp³-hybridized carbons (Fsp3) is 0.429. The first kappa shape index (κ1) is 11.1. The van der Waals surface area contributed by atoms with Crippen LogP contribution in [0.3, 0.4) is 0 Å². The van der Waals surface area contributed by atoms with Gasteiger partial charge in [-0.15, -0.1) is 11.3 Å². The summed E-state index contributed by atoms with van der Waals surface area (Å²) < 4.78 is 22.9. The first-order chi connectivity index (χ1) is 6.43. The molecule has 0 spiro atoms. The molecule has 14 heavy (non-hydrogen) atoms. The smallest absolute Gasteiger partial charge is 0.321 e. The predicted molar refractivity (Wildman–Crippen MR) is 51.8 cm³/mol. The molecule has 1 aromatic rings. The van der Waals surface area contributed by atoms with Crippen molar-refractivity contribution in [2.45, 2.75) is 17.9 Å². The van der Waals surface area contributed by atoms with Crippen LogP contribution in [0.2, 0.25) is 0 Å². The van der Waals surface area contributed by atoms with Crippen molar-refractivity contribution in [2.24, 2.45) is 0 Å². The number of carboxylic acids is 1. The molecule has 1 heterocycles. The van der Waals surface area contributed by atoms with Crippen LogP contribution in [0.4, 0.5) is 0 Å². The molecule has 1 unspecified atom stereocenters. The summed E-state index contributed by atoms with van der Waals surface area (Å²) in [5, 5.41) is 7.18. The van der Waals surface area contributed by atoms with E-state index in [0.29, 0.717) is 4.88 Å². The maximum Gasteiger partial charge on any atom is 0.321 e. The molecule has 1 N–H and O–H groups in total. The van der Waals surface area contributed by atoms with Gasteiger partial charge in [0.15, 0.2) is 15.1 Å². The largest absolute Gasteiger partial charge is 0.480 e. The molecule has 0 bridgehead atoms. The fourth-order valence-corrected chi connectivity index (χ4v) is 2.96. The summed E-state index contributed by atoms with van der Waals surface area (Å²) in [4.78, 5) is 14.8. The molecule has 0 aromatic carbocycles. The van der Waals surface area contributed by atoms with Crippen molar-refractivity contribution >= 4 is 27.1 Å². The van der Waals surface area contributed by atoms with E-state index >= 15 is 0 Å². The van der Waals surface area contributed by atoms with E-state index in [9.17, 15) is 13.2 Å². The van der Waals surface area contributed by atoms with Crippen molar-refractivity contribution in [3.63, 3.8) is 0 Å². The van der Waals surface area contributed by atoms with E-state index in [1.807, 2.05) is 0 Å². The number of carbonyl (C=O) groups is 1. The Morgan fingerprint density at radius 3 is 2.79 bits per heavy atom. The number of aliphatic carboxylic acids is 1. The monoisotopic (exact) mass is 235 g/mol. The van der Waals surface area contributed by atoms with Gasteiger partial charge in [-0.2, -0.15) is 0 Å². The fourth-order valence-electron chi connectivity index (χ4n) is 0.790. The standard InChI is InChI=1S/C7H9NO4S2/c1-5(7(9)10)14(11,12)3-6-2-8-4-13-6/h2,4-5H,3H2,1H3,(H,9,10). The molecular weight excluding hydrogens is 226 g/mol. The molecular formula is C7H9NO4S2. The van der Waals surface area contributed by atoms with Gasteiger partial charge in [0.2, 0.25) is 0 Å². The zero-order chi connectivity index (χ0) is 10.8. The normalized spacial score (nSPS) is 13.8. The highest BCUT2D eigenvalue weighted by Crippen LogP contribution is 2.14. The van der Waals surface area contributed by atoms with Crippen molar-refractivity contribution in [1.82, 2.24) is 4.98 Å². The second-order valence-corrected chi connectivity index (χ2v) is 6.05. The summed E-state index contributed by atoms with van der Waals surface area (Å²) in [6.45, 7) is 1.17. The van der Waals surface area contributed by atoms with Gasteiger partial charge in [0.05, 0.1) is 11.3 Å². The van der Waals surface area contributed by atoms with E-state index in [-0.39, 0.29) is 5.75 Å². The molecule has 0 aliphatic rings. The molecule has 0 fully saturated rings. The summed E-state index contributed by atoms with van der Waals surface area (Å²) in [5.74, 6) is -1.58. The summed E-state index contributed by atoms with van der Waals surface area (Å²) in [6, 6.07) is 0. The third-order valence-corrected chi connectivity index (χ3v) is 4.67. The quantitative estimate of drug-likeness (QED) is 0.823. The van der Waals surface area contributed by atoms with Gasteiger partial charge in [-0.25, -0.2) is 8.42 Å². The highest BCUT2D eigenvalue weighted by molar-refractivity contribution is 7.92. The van der Waals surface area contributed by atoms with Crippen molar-refractivity contribution in [1.29, 1.82) is 0 Å². The Bertz CT molecular complexity index is 409. The van der Waals surface area contributed by atoms with Crippen LogP contribution in [0.25, 0.3) is 0 Å². The Morgan fingerprint density at radius 2 is 2.36 bits per heavy atom. The predicted octanol–water partition coefficient (Wildman–Crippen LogP) is 0.531. The number of sulfone groups is 1. The van der Waals surface area contributed by atoms with Crippen LogP contribution in [0, 0.1) is 0 Å². The van der Waals surface area contributed by atoms with Crippen LogP contribution < -0.4 is 0 Å². The lowest BCUT2D eigenvalue weighted by atomic mass is 10.5. The number of thiazole rings is 1. The lowest BCUT2D eigenvalue weighted by Crippen LogP contribution is -2.27. The van der Waals surface area contributed by atoms with Crippen LogP contribution >= 0.6 is 11.3 Å². The molecule has 0 saturated carbocycles. The van der Waals surface area contributed by atoms with Gasteiger partial charge in [-0.05, 0) is 6.92 Å². The molecule has 1 aromatic heterocycles.